The number of carbonyl (C=O) groups excluding carboxylic acids is 1. The van der Waals surface area contributed by atoms with Crippen LogP contribution >= 0.6 is 11.8 Å². The van der Waals surface area contributed by atoms with Gasteiger partial charge in [0.1, 0.15) is 0 Å². The van der Waals surface area contributed by atoms with Crippen molar-refractivity contribution in [2.45, 2.75) is 56.6 Å². The summed E-state index contributed by atoms with van der Waals surface area (Å²) in [6.45, 7) is 2.52. The lowest BCUT2D eigenvalue weighted by molar-refractivity contribution is -0.141. The minimum absolute atomic E-state index is 0.0565. The summed E-state index contributed by atoms with van der Waals surface area (Å²) in [5.74, 6) is 0.269. The standard InChI is InChI=1S/C15H20F3N3OS/c1-2-20-9-10(13(19-20)15(16,17)18)14(22)21-7-8-23-12-6-4-3-5-11(12)21/h9,11-12H,2-8H2,1H3/t11-,12-/m0/s1. The molecule has 4 nitrogen and oxygen atoms in total. The third-order valence-corrected chi connectivity index (χ3v) is 5.97. The highest BCUT2D eigenvalue weighted by atomic mass is 32.2. The molecule has 1 aliphatic heterocycles. The molecule has 0 aromatic carbocycles. The zero-order valence-electron chi connectivity index (χ0n) is 13.0. The zero-order valence-corrected chi connectivity index (χ0v) is 13.8. The second kappa shape index (κ2) is 6.37. The highest BCUT2D eigenvalue weighted by molar-refractivity contribution is 8.00. The van der Waals surface area contributed by atoms with Gasteiger partial charge >= 0.3 is 6.18 Å². The number of rotatable bonds is 2. The lowest BCUT2D eigenvalue weighted by Crippen LogP contribution is -2.51. The van der Waals surface area contributed by atoms with Crippen LogP contribution in [-0.4, -0.2) is 44.2 Å². The second-order valence-electron chi connectivity index (χ2n) is 6.00. The average molecular weight is 347 g/mol. The van der Waals surface area contributed by atoms with Crippen LogP contribution in [0.1, 0.15) is 48.7 Å². The van der Waals surface area contributed by atoms with Crippen molar-refractivity contribution < 1.29 is 18.0 Å². The number of aryl methyl sites for hydroxylation is 1. The molecule has 0 unspecified atom stereocenters. The molecule has 2 heterocycles. The van der Waals surface area contributed by atoms with Crippen LogP contribution in [0.4, 0.5) is 13.2 Å². The summed E-state index contributed by atoms with van der Waals surface area (Å²) in [5.41, 5.74) is -1.37. The molecule has 1 aromatic heterocycles. The first-order chi connectivity index (χ1) is 10.9. The topological polar surface area (TPSA) is 38.1 Å². The largest absolute Gasteiger partial charge is 0.435 e. The van der Waals surface area contributed by atoms with Gasteiger partial charge in [-0.2, -0.15) is 30.0 Å². The highest BCUT2D eigenvalue weighted by Gasteiger charge is 2.43. The third kappa shape index (κ3) is 3.22. The second-order valence-corrected chi connectivity index (χ2v) is 7.35. The van der Waals surface area contributed by atoms with Gasteiger partial charge in [0.05, 0.1) is 5.56 Å². The first-order valence-electron chi connectivity index (χ1n) is 7.99. The Morgan fingerprint density at radius 2 is 2.13 bits per heavy atom. The Labute approximate surface area is 137 Å². The summed E-state index contributed by atoms with van der Waals surface area (Å²) in [7, 11) is 0. The van der Waals surface area contributed by atoms with Gasteiger partial charge < -0.3 is 4.90 Å². The quantitative estimate of drug-likeness (QED) is 0.823. The fourth-order valence-electron chi connectivity index (χ4n) is 3.45. The summed E-state index contributed by atoms with van der Waals surface area (Å²) in [5, 5.41) is 3.92. The molecule has 2 fully saturated rings. The molecule has 1 saturated carbocycles. The van der Waals surface area contributed by atoms with E-state index in [0.29, 0.717) is 18.3 Å². The predicted octanol–water partition coefficient (Wildman–Crippen LogP) is 3.42. The van der Waals surface area contributed by atoms with Crippen LogP contribution in [0.2, 0.25) is 0 Å². The Morgan fingerprint density at radius 3 is 2.83 bits per heavy atom. The maximum absolute atomic E-state index is 13.2. The smallest absolute Gasteiger partial charge is 0.334 e. The number of hydrogen-bond donors (Lipinski definition) is 0. The predicted molar refractivity (Wildman–Crippen MR) is 82.4 cm³/mol. The van der Waals surface area contributed by atoms with E-state index in [-0.39, 0.29) is 11.6 Å². The molecule has 1 aromatic rings. The average Bonchev–Trinajstić information content (AvgIpc) is 2.98. The Bertz CT molecular complexity index is 585. The molecule has 1 saturated heterocycles. The summed E-state index contributed by atoms with van der Waals surface area (Å²) in [4.78, 5) is 14.5. The number of carbonyl (C=O) groups is 1. The Hall–Kier alpha value is -1.18. The first kappa shape index (κ1) is 16.7. The summed E-state index contributed by atoms with van der Waals surface area (Å²) >= 11 is 1.85. The van der Waals surface area contributed by atoms with Gasteiger partial charge in [-0.05, 0) is 19.8 Å². The minimum Gasteiger partial charge on any atom is -0.334 e. The van der Waals surface area contributed by atoms with Crippen LogP contribution in [0.15, 0.2) is 6.20 Å². The van der Waals surface area contributed by atoms with Crippen molar-refractivity contribution in [3.05, 3.63) is 17.5 Å². The Kier molecular flexibility index (Phi) is 4.62. The van der Waals surface area contributed by atoms with Crippen molar-refractivity contribution in [3.8, 4) is 0 Å². The zero-order chi connectivity index (χ0) is 16.6. The van der Waals surface area contributed by atoms with Gasteiger partial charge in [-0.15, -0.1) is 0 Å². The lowest BCUT2D eigenvalue weighted by Gasteiger charge is -2.43. The van der Waals surface area contributed by atoms with Gasteiger partial charge in [0.25, 0.3) is 5.91 Å². The first-order valence-corrected chi connectivity index (χ1v) is 9.04. The van der Waals surface area contributed by atoms with Gasteiger partial charge in [-0.25, -0.2) is 0 Å². The van der Waals surface area contributed by atoms with Crippen molar-refractivity contribution >= 4 is 17.7 Å². The van der Waals surface area contributed by atoms with Gasteiger partial charge in [-0.3, -0.25) is 9.48 Å². The fraction of sp³-hybridized carbons (Fsp3) is 0.733. The van der Waals surface area contributed by atoms with Crippen LogP contribution in [0.3, 0.4) is 0 Å². The van der Waals surface area contributed by atoms with E-state index in [4.69, 9.17) is 0 Å². The van der Waals surface area contributed by atoms with Crippen molar-refractivity contribution in [1.29, 1.82) is 0 Å². The number of hydrogen-bond acceptors (Lipinski definition) is 3. The van der Waals surface area contributed by atoms with E-state index in [1.807, 2.05) is 11.8 Å². The van der Waals surface area contributed by atoms with E-state index in [1.54, 1.807) is 11.8 Å². The van der Waals surface area contributed by atoms with E-state index < -0.39 is 17.8 Å². The molecule has 1 aliphatic carbocycles. The number of halogens is 3. The normalized spacial score (nSPS) is 25.3. The monoisotopic (exact) mass is 347 g/mol. The van der Waals surface area contributed by atoms with Crippen molar-refractivity contribution in [2.24, 2.45) is 0 Å². The van der Waals surface area contributed by atoms with Crippen LogP contribution in [0.25, 0.3) is 0 Å². The van der Waals surface area contributed by atoms with Crippen molar-refractivity contribution in [1.82, 2.24) is 14.7 Å². The molecule has 2 aliphatic rings. The van der Waals surface area contributed by atoms with E-state index in [0.717, 1.165) is 31.4 Å². The van der Waals surface area contributed by atoms with Crippen molar-refractivity contribution in [3.63, 3.8) is 0 Å². The molecular weight excluding hydrogens is 327 g/mol. The Balaban J connectivity index is 1.91. The molecule has 3 rings (SSSR count). The van der Waals surface area contributed by atoms with Crippen LogP contribution in [0.5, 0.6) is 0 Å². The molecule has 8 heteroatoms. The lowest BCUT2D eigenvalue weighted by atomic mass is 9.92. The molecule has 0 bridgehead atoms. The molecule has 0 N–H and O–H groups in total. The van der Waals surface area contributed by atoms with Gasteiger partial charge in [0, 0.05) is 36.3 Å². The maximum Gasteiger partial charge on any atom is 0.435 e. The highest BCUT2D eigenvalue weighted by Crippen LogP contribution is 2.37. The molecule has 128 valence electrons. The number of fused-ring (bicyclic) bond motifs is 1. The van der Waals surface area contributed by atoms with Gasteiger partial charge in [-0.1, -0.05) is 12.8 Å². The summed E-state index contributed by atoms with van der Waals surface area (Å²) in [6, 6.07) is 0.0565. The number of aromatic nitrogens is 2. The number of alkyl halides is 3. The third-order valence-electron chi connectivity index (χ3n) is 4.58. The molecule has 1 amide bonds. The molecule has 0 spiro atoms. The SMILES string of the molecule is CCn1cc(C(=O)N2CCS[C@H]3CCCC[C@@H]32)c(C(F)(F)F)n1. The van der Waals surface area contributed by atoms with Gasteiger partial charge in [0.15, 0.2) is 5.69 Å². The van der Waals surface area contributed by atoms with Crippen LogP contribution in [0, 0.1) is 0 Å². The van der Waals surface area contributed by atoms with E-state index >= 15 is 0 Å². The van der Waals surface area contributed by atoms with Gasteiger partial charge in [0.2, 0.25) is 0 Å². The Morgan fingerprint density at radius 1 is 1.39 bits per heavy atom. The number of amides is 1. The van der Waals surface area contributed by atoms with E-state index in [1.165, 1.54) is 10.9 Å². The summed E-state index contributed by atoms with van der Waals surface area (Å²) in [6.07, 6.45) is 0.725. The number of nitrogens with zero attached hydrogens (tertiary/aromatic N) is 3. The fourth-order valence-corrected chi connectivity index (χ4v) is 4.90. The van der Waals surface area contributed by atoms with E-state index in [2.05, 4.69) is 5.10 Å². The summed E-state index contributed by atoms with van der Waals surface area (Å²) < 4.78 is 40.8. The molecule has 23 heavy (non-hydrogen) atoms. The van der Waals surface area contributed by atoms with Crippen LogP contribution in [-0.2, 0) is 12.7 Å². The molecule has 2 atom stereocenters. The van der Waals surface area contributed by atoms with E-state index in [9.17, 15) is 18.0 Å². The van der Waals surface area contributed by atoms with Crippen LogP contribution < -0.4 is 0 Å². The molecule has 0 radical (unpaired) electrons. The molecular formula is C15H20F3N3OS. The number of thioether (sulfide) groups is 1. The minimum atomic E-state index is -4.61. The van der Waals surface area contributed by atoms with Crippen molar-refractivity contribution in [2.75, 3.05) is 12.3 Å². The maximum atomic E-state index is 13.2.